The molecule has 0 bridgehead atoms. The molecule has 1 amide bonds. The predicted molar refractivity (Wildman–Crippen MR) is 96.1 cm³/mol. The van der Waals surface area contributed by atoms with Crippen molar-refractivity contribution in [1.82, 2.24) is 14.7 Å². The van der Waals surface area contributed by atoms with Gasteiger partial charge in [-0.25, -0.2) is 4.98 Å². The van der Waals surface area contributed by atoms with Crippen molar-refractivity contribution in [3.8, 4) is 0 Å². The highest BCUT2D eigenvalue weighted by molar-refractivity contribution is 9.10. The number of fused-ring (bicyclic) bond motifs is 1. The van der Waals surface area contributed by atoms with E-state index in [1.54, 1.807) is 24.4 Å². The summed E-state index contributed by atoms with van der Waals surface area (Å²) in [7, 11) is 0. The Bertz CT molecular complexity index is 935. The Hall–Kier alpha value is -2.47. The summed E-state index contributed by atoms with van der Waals surface area (Å²) in [4.78, 5) is 29.2. The molecule has 0 unspecified atom stereocenters. The maximum absolute atomic E-state index is 12.5. The van der Waals surface area contributed by atoms with Gasteiger partial charge in [-0.05, 0) is 36.2 Å². The molecule has 0 saturated carbocycles. The van der Waals surface area contributed by atoms with Crippen LogP contribution in [0.3, 0.4) is 0 Å². The van der Waals surface area contributed by atoms with E-state index in [1.165, 1.54) is 10.6 Å². The maximum atomic E-state index is 12.5. The zero-order chi connectivity index (χ0) is 17.1. The molecule has 3 aromatic rings. The Kier molecular flexibility index (Phi) is 4.76. The standard InChI is InChI=1S/C18H16BrN3O2/c1-2-15(12-6-8-13(19)9-7-12)21-17(23)14-11-20-16-5-3-4-10-22(16)18(14)24/h3-11,15H,2H2,1H3,(H,21,23)/t15-/m0/s1. The van der Waals surface area contributed by atoms with E-state index < -0.39 is 5.91 Å². The first-order valence-corrected chi connectivity index (χ1v) is 8.42. The lowest BCUT2D eigenvalue weighted by Gasteiger charge is -2.17. The third kappa shape index (κ3) is 3.23. The van der Waals surface area contributed by atoms with Crippen LogP contribution in [0.5, 0.6) is 0 Å². The summed E-state index contributed by atoms with van der Waals surface area (Å²) in [6.45, 7) is 1.98. The Balaban J connectivity index is 1.90. The van der Waals surface area contributed by atoms with Crippen LogP contribution in [0.15, 0.2) is 64.1 Å². The number of hydrogen-bond acceptors (Lipinski definition) is 3. The van der Waals surface area contributed by atoms with Crippen molar-refractivity contribution in [2.75, 3.05) is 0 Å². The molecule has 24 heavy (non-hydrogen) atoms. The van der Waals surface area contributed by atoms with Gasteiger partial charge in [0.15, 0.2) is 0 Å². The van der Waals surface area contributed by atoms with Crippen molar-refractivity contribution < 1.29 is 4.79 Å². The van der Waals surface area contributed by atoms with E-state index in [-0.39, 0.29) is 17.2 Å². The van der Waals surface area contributed by atoms with Crippen LogP contribution < -0.4 is 10.9 Å². The number of pyridine rings is 1. The normalized spacial score (nSPS) is 12.1. The first-order valence-electron chi connectivity index (χ1n) is 7.63. The SMILES string of the molecule is CC[C@H](NC(=O)c1cnc2ccccn2c1=O)c1ccc(Br)cc1. The number of halogens is 1. The van der Waals surface area contributed by atoms with Crippen molar-refractivity contribution in [2.24, 2.45) is 0 Å². The second kappa shape index (κ2) is 6.97. The van der Waals surface area contributed by atoms with Gasteiger partial charge in [0, 0.05) is 16.9 Å². The molecule has 5 nitrogen and oxygen atoms in total. The highest BCUT2D eigenvalue weighted by Crippen LogP contribution is 2.19. The van der Waals surface area contributed by atoms with Gasteiger partial charge in [0.1, 0.15) is 11.2 Å². The topological polar surface area (TPSA) is 63.5 Å². The van der Waals surface area contributed by atoms with Gasteiger partial charge in [-0.2, -0.15) is 0 Å². The molecule has 1 N–H and O–H groups in total. The molecule has 0 radical (unpaired) electrons. The van der Waals surface area contributed by atoms with Crippen molar-refractivity contribution >= 4 is 27.5 Å². The first-order chi connectivity index (χ1) is 11.6. The molecule has 0 fully saturated rings. The fourth-order valence-corrected chi connectivity index (χ4v) is 2.80. The van der Waals surface area contributed by atoms with E-state index in [4.69, 9.17) is 0 Å². The summed E-state index contributed by atoms with van der Waals surface area (Å²) in [5.74, 6) is -0.416. The highest BCUT2D eigenvalue weighted by Gasteiger charge is 2.18. The van der Waals surface area contributed by atoms with Gasteiger partial charge in [0.2, 0.25) is 0 Å². The average Bonchev–Trinajstić information content (AvgIpc) is 2.61. The smallest absolute Gasteiger partial charge is 0.270 e. The zero-order valence-electron chi connectivity index (χ0n) is 13.1. The summed E-state index contributed by atoms with van der Waals surface area (Å²) in [6.07, 6.45) is 3.66. The second-order valence-corrected chi connectivity index (χ2v) is 6.31. The molecule has 2 heterocycles. The molecular weight excluding hydrogens is 370 g/mol. The number of nitrogens with zero attached hydrogens (tertiary/aromatic N) is 2. The van der Waals surface area contributed by atoms with E-state index >= 15 is 0 Å². The Morgan fingerprint density at radius 2 is 2.00 bits per heavy atom. The quantitative estimate of drug-likeness (QED) is 0.748. The first kappa shape index (κ1) is 16.4. The van der Waals surface area contributed by atoms with Gasteiger partial charge in [-0.3, -0.25) is 14.0 Å². The fraction of sp³-hybridized carbons (Fsp3) is 0.167. The molecular formula is C18H16BrN3O2. The Morgan fingerprint density at radius 1 is 1.25 bits per heavy atom. The van der Waals surface area contributed by atoms with Gasteiger partial charge < -0.3 is 5.32 Å². The van der Waals surface area contributed by atoms with Crippen LogP contribution in [0.4, 0.5) is 0 Å². The van der Waals surface area contributed by atoms with Crippen LogP contribution in [-0.4, -0.2) is 15.3 Å². The van der Waals surface area contributed by atoms with Crippen molar-refractivity contribution in [3.63, 3.8) is 0 Å². The van der Waals surface area contributed by atoms with Crippen LogP contribution in [0.1, 0.15) is 35.3 Å². The highest BCUT2D eigenvalue weighted by atomic mass is 79.9. The number of aromatic nitrogens is 2. The van der Waals surface area contributed by atoms with Gasteiger partial charge in [-0.1, -0.05) is 41.1 Å². The van der Waals surface area contributed by atoms with Crippen molar-refractivity contribution in [1.29, 1.82) is 0 Å². The molecule has 0 aliphatic rings. The van der Waals surface area contributed by atoms with Crippen LogP contribution in [0.25, 0.3) is 5.65 Å². The summed E-state index contributed by atoms with van der Waals surface area (Å²) in [5, 5.41) is 2.92. The van der Waals surface area contributed by atoms with Crippen LogP contribution >= 0.6 is 15.9 Å². The molecule has 122 valence electrons. The van der Waals surface area contributed by atoms with Gasteiger partial charge in [-0.15, -0.1) is 0 Å². The lowest BCUT2D eigenvalue weighted by atomic mass is 10.0. The largest absolute Gasteiger partial charge is 0.345 e. The summed E-state index contributed by atoms with van der Waals surface area (Å²) >= 11 is 3.40. The average molecular weight is 386 g/mol. The Labute approximate surface area is 147 Å². The molecule has 0 saturated heterocycles. The third-order valence-corrected chi connectivity index (χ3v) is 4.37. The number of benzene rings is 1. The molecule has 0 aliphatic carbocycles. The minimum absolute atomic E-state index is 0.0364. The van der Waals surface area contributed by atoms with Gasteiger partial charge >= 0.3 is 0 Å². The van der Waals surface area contributed by atoms with Gasteiger partial charge in [0.05, 0.1) is 6.04 Å². The molecule has 0 aliphatic heterocycles. The number of carbonyl (C=O) groups is 1. The minimum Gasteiger partial charge on any atom is -0.345 e. The molecule has 0 spiro atoms. The van der Waals surface area contributed by atoms with E-state index in [2.05, 4.69) is 26.2 Å². The number of nitrogens with one attached hydrogen (secondary N) is 1. The molecule has 6 heteroatoms. The molecule has 1 atom stereocenters. The fourth-order valence-electron chi connectivity index (χ4n) is 2.53. The van der Waals surface area contributed by atoms with E-state index in [0.29, 0.717) is 5.65 Å². The predicted octanol–water partition coefficient (Wildman–Crippen LogP) is 3.34. The minimum atomic E-state index is -0.416. The molecule has 3 rings (SSSR count). The summed E-state index contributed by atoms with van der Waals surface area (Å²) in [5.41, 5.74) is 1.17. The molecule has 2 aromatic heterocycles. The number of rotatable bonds is 4. The number of hydrogen-bond donors (Lipinski definition) is 1. The van der Waals surface area contributed by atoms with Gasteiger partial charge in [0.25, 0.3) is 11.5 Å². The molecule has 1 aromatic carbocycles. The monoisotopic (exact) mass is 385 g/mol. The van der Waals surface area contributed by atoms with E-state index in [0.717, 1.165) is 16.5 Å². The Morgan fingerprint density at radius 3 is 2.71 bits per heavy atom. The van der Waals surface area contributed by atoms with Crippen molar-refractivity contribution in [3.05, 3.63) is 80.8 Å². The number of carbonyl (C=O) groups excluding carboxylic acids is 1. The van der Waals surface area contributed by atoms with Crippen LogP contribution in [0, 0.1) is 0 Å². The number of amides is 1. The van der Waals surface area contributed by atoms with E-state index in [9.17, 15) is 9.59 Å². The van der Waals surface area contributed by atoms with Crippen LogP contribution in [-0.2, 0) is 0 Å². The lowest BCUT2D eigenvalue weighted by molar-refractivity contribution is 0.0933. The summed E-state index contributed by atoms with van der Waals surface area (Å²) < 4.78 is 2.35. The van der Waals surface area contributed by atoms with Crippen LogP contribution in [0.2, 0.25) is 0 Å². The van der Waals surface area contributed by atoms with E-state index in [1.807, 2.05) is 31.2 Å². The lowest BCUT2D eigenvalue weighted by Crippen LogP contribution is -2.34. The second-order valence-electron chi connectivity index (χ2n) is 5.39. The zero-order valence-corrected chi connectivity index (χ0v) is 14.7. The van der Waals surface area contributed by atoms with Crippen molar-refractivity contribution in [2.45, 2.75) is 19.4 Å². The summed E-state index contributed by atoms with van der Waals surface area (Å²) in [6, 6.07) is 12.8. The third-order valence-electron chi connectivity index (χ3n) is 3.84. The maximum Gasteiger partial charge on any atom is 0.270 e.